The van der Waals surface area contributed by atoms with Crippen molar-refractivity contribution in [3.8, 4) is 11.4 Å². The molecule has 2 N–H and O–H groups in total. The van der Waals surface area contributed by atoms with Gasteiger partial charge in [0, 0.05) is 12.7 Å². The molecule has 3 aromatic rings. The van der Waals surface area contributed by atoms with E-state index < -0.39 is 0 Å². The van der Waals surface area contributed by atoms with Gasteiger partial charge < -0.3 is 15.2 Å². The number of aryl methyl sites for hydroxylation is 1. The number of imidazole rings is 1. The van der Waals surface area contributed by atoms with Crippen LogP contribution in [0.15, 0.2) is 18.3 Å². The summed E-state index contributed by atoms with van der Waals surface area (Å²) in [6.45, 7) is 5.31. The topological polar surface area (TPSA) is 69.7 Å². The molecular formula is C21H26Cl2N6. The van der Waals surface area contributed by atoms with E-state index in [2.05, 4.69) is 37.2 Å². The molecule has 0 saturated carbocycles. The van der Waals surface area contributed by atoms with Crippen molar-refractivity contribution in [3.05, 3.63) is 34.1 Å². The maximum Gasteiger partial charge on any atom is 0.222 e. The Bertz CT molecular complexity index is 955. The first-order valence-corrected chi connectivity index (χ1v) is 10.9. The second kappa shape index (κ2) is 8.86. The van der Waals surface area contributed by atoms with Gasteiger partial charge in [-0.25, -0.2) is 15.0 Å². The van der Waals surface area contributed by atoms with Gasteiger partial charge in [0.15, 0.2) is 0 Å². The molecule has 0 aliphatic carbocycles. The monoisotopic (exact) mass is 432 g/mol. The zero-order valence-corrected chi connectivity index (χ0v) is 18.3. The van der Waals surface area contributed by atoms with Crippen LogP contribution in [-0.2, 0) is 0 Å². The van der Waals surface area contributed by atoms with Crippen LogP contribution >= 0.6 is 23.2 Å². The van der Waals surface area contributed by atoms with E-state index in [9.17, 15) is 0 Å². The Balaban J connectivity index is 1.36. The predicted octanol–water partition coefficient (Wildman–Crippen LogP) is 5.17. The summed E-state index contributed by atoms with van der Waals surface area (Å²) in [5.41, 5.74) is 3.34. The second-order valence-corrected chi connectivity index (χ2v) is 8.69. The summed E-state index contributed by atoms with van der Waals surface area (Å²) in [5.74, 6) is 2.23. The largest absolute Gasteiger partial charge is 0.354 e. The van der Waals surface area contributed by atoms with Crippen molar-refractivity contribution >= 4 is 40.2 Å². The first-order valence-electron chi connectivity index (χ1n) is 10.1. The zero-order valence-electron chi connectivity index (χ0n) is 16.8. The Morgan fingerprint density at radius 3 is 2.69 bits per heavy atom. The maximum absolute atomic E-state index is 6.10. The van der Waals surface area contributed by atoms with Crippen LogP contribution in [0.2, 0.25) is 10.0 Å². The van der Waals surface area contributed by atoms with Gasteiger partial charge in [0.05, 0.1) is 32.3 Å². The van der Waals surface area contributed by atoms with Gasteiger partial charge in [0.2, 0.25) is 5.95 Å². The fourth-order valence-electron chi connectivity index (χ4n) is 3.86. The summed E-state index contributed by atoms with van der Waals surface area (Å²) in [6.07, 6.45) is 6.84. The molecule has 1 aliphatic rings. The van der Waals surface area contributed by atoms with Gasteiger partial charge in [-0.05, 0) is 70.8 Å². The summed E-state index contributed by atoms with van der Waals surface area (Å²) in [5, 5.41) is 4.35. The minimum atomic E-state index is 0.491. The number of hydrogen-bond acceptors (Lipinski definition) is 5. The molecule has 4 rings (SSSR count). The maximum atomic E-state index is 6.10. The molecule has 3 heterocycles. The third kappa shape index (κ3) is 4.82. The van der Waals surface area contributed by atoms with Gasteiger partial charge >= 0.3 is 0 Å². The van der Waals surface area contributed by atoms with Gasteiger partial charge in [0.1, 0.15) is 5.82 Å². The van der Waals surface area contributed by atoms with Crippen LogP contribution in [0, 0.1) is 12.8 Å². The molecule has 0 unspecified atom stereocenters. The van der Waals surface area contributed by atoms with E-state index in [1.165, 1.54) is 32.4 Å². The van der Waals surface area contributed by atoms with Crippen LogP contribution < -0.4 is 5.32 Å². The number of nitrogens with one attached hydrogen (secondary N) is 2. The second-order valence-electron chi connectivity index (χ2n) is 7.88. The zero-order chi connectivity index (χ0) is 20.4. The average molecular weight is 433 g/mol. The normalized spacial score (nSPS) is 15.9. The van der Waals surface area contributed by atoms with Crippen LogP contribution in [0.3, 0.4) is 0 Å². The Morgan fingerprint density at radius 2 is 1.93 bits per heavy atom. The lowest BCUT2D eigenvalue weighted by atomic mass is 9.92. The van der Waals surface area contributed by atoms with Crippen LogP contribution in [0.4, 0.5) is 5.95 Å². The van der Waals surface area contributed by atoms with E-state index in [0.717, 1.165) is 41.2 Å². The Hall–Kier alpha value is -1.89. The lowest BCUT2D eigenvalue weighted by Crippen LogP contribution is -2.30. The van der Waals surface area contributed by atoms with Crippen molar-refractivity contribution in [2.45, 2.75) is 32.6 Å². The van der Waals surface area contributed by atoms with Gasteiger partial charge in [-0.15, -0.1) is 0 Å². The van der Waals surface area contributed by atoms with Gasteiger partial charge in [-0.1, -0.05) is 23.2 Å². The van der Waals surface area contributed by atoms with Crippen LogP contribution in [0.25, 0.3) is 22.4 Å². The SMILES string of the molecule is Cc1nc(NCCCC2CCN(C)CC2)ncc1-c1nc2cc(Cl)c(Cl)cc2[nH]1. The first kappa shape index (κ1) is 20.4. The van der Waals surface area contributed by atoms with E-state index in [4.69, 9.17) is 23.2 Å². The van der Waals surface area contributed by atoms with Crippen LogP contribution in [0.5, 0.6) is 0 Å². The smallest absolute Gasteiger partial charge is 0.222 e. The number of halogens is 2. The molecule has 6 nitrogen and oxygen atoms in total. The predicted molar refractivity (Wildman–Crippen MR) is 120 cm³/mol. The number of fused-ring (bicyclic) bond motifs is 1. The van der Waals surface area contributed by atoms with E-state index >= 15 is 0 Å². The molecule has 0 amide bonds. The molecule has 1 aliphatic heterocycles. The standard InChI is InChI=1S/C21H26Cl2N6/c1-13-15(20-27-18-10-16(22)17(23)11-19(18)28-20)12-25-21(26-13)24-7-3-4-14-5-8-29(2)9-6-14/h10-12,14H,3-9H2,1-2H3,(H,27,28)(H,24,25,26). The van der Waals surface area contributed by atoms with Gasteiger partial charge in [-0.3, -0.25) is 0 Å². The number of aromatic amines is 1. The Morgan fingerprint density at radius 1 is 1.17 bits per heavy atom. The number of hydrogen-bond donors (Lipinski definition) is 2. The fraction of sp³-hybridized carbons (Fsp3) is 0.476. The van der Waals surface area contributed by atoms with Crippen LogP contribution in [-0.4, -0.2) is 51.5 Å². The molecular weight excluding hydrogens is 407 g/mol. The molecule has 1 aromatic carbocycles. The molecule has 0 bridgehead atoms. The summed E-state index contributed by atoms with van der Waals surface area (Å²) in [6, 6.07) is 3.54. The Labute approximate surface area is 181 Å². The number of piperidine rings is 1. The number of benzene rings is 1. The molecule has 29 heavy (non-hydrogen) atoms. The highest BCUT2D eigenvalue weighted by molar-refractivity contribution is 6.42. The highest BCUT2D eigenvalue weighted by atomic mass is 35.5. The van der Waals surface area contributed by atoms with Crippen molar-refractivity contribution in [1.82, 2.24) is 24.8 Å². The van der Waals surface area contributed by atoms with Crippen molar-refractivity contribution in [2.24, 2.45) is 5.92 Å². The van der Waals surface area contributed by atoms with Crippen molar-refractivity contribution in [1.29, 1.82) is 0 Å². The van der Waals surface area contributed by atoms with E-state index in [0.29, 0.717) is 21.8 Å². The van der Waals surface area contributed by atoms with Gasteiger partial charge in [-0.2, -0.15) is 0 Å². The quantitative estimate of drug-likeness (QED) is 0.525. The van der Waals surface area contributed by atoms with Gasteiger partial charge in [0.25, 0.3) is 0 Å². The van der Waals surface area contributed by atoms with E-state index in [-0.39, 0.29) is 0 Å². The van der Waals surface area contributed by atoms with Crippen LogP contribution in [0.1, 0.15) is 31.4 Å². The number of nitrogens with zero attached hydrogens (tertiary/aromatic N) is 4. The number of anilines is 1. The first-order chi connectivity index (χ1) is 14.0. The highest BCUT2D eigenvalue weighted by Crippen LogP contribution is 2.29. The number of likely N-dealkylation sites (tertiary alicyclic amines) is 1. The fourth-order valence-corrected chi connectivity index (χ4v) is 4.18. The Kier molecular flexibility index (Phi) is 6.23. The molecule has 8 heteroatoms. The molecule has 0 atom stereocenters. The minimum absolute atomic E-state index is 0.491. The molecule has 2 aromatic heterocycles. The number of rotatable bonds is 6. The molecule has 154 valence electrons. The summed E-state index contributed by atoms with van der Waals surface area (Å²) in [7, 11) is 2.21. The molecule has 1 fully saturated rings. The summed E-state index contributed by atoms with van der Waals surface area (Å²) in [4.78, 5) is 19.4. The van der Waals surface area contributed by atoms with Crippen molar-refractivity contribution in [3.63, 3.8) is 0 Å². The summed E-state index contributed by atoms with van der Waals surface area (Å²) >= 11 is 12.2. The molecule has 1 saturated heterocycles. The van der Waals surface area contributed by atoms with Crippen molar-refractivity contribution < 1.29 is 0 Å². The average Bonchev–Trinajstić information content (AvgIpc) is 3.09. The highest BCUT2D eigenvalue weighted by Gasteiger charge is 2.16. The lowest BCUT2D eigenvalue weighted by Gasteiger charge is -2.28. The number of aromatic nitrogens is 4. The lowest BCUT2D eigenvalue weighted by molar-refractivity contribution is 0.211. The number of H-pyrrole nitrogens is 1. The third-order valence-electron chi connectivity index (χ3n) is 5.67. The minimum Gasteiger partial charge on any atom is -0.354 e. The van der Waals surface area contributed by atoms with E-state index in [1.807, 2.05) is 13.1 Å². The van der Waals surface area contributed by atoms with E-state index in [1.54, 1.807) is 12.1 Å². The van der Waals surface area contributed by atoms with Crippen molar-refractivity contribution in [2.75, 3.05) is 32.0 Å². The molecule has 0 radical (unpaired) electrons. The summed E-state index contributed by atoms with van der Waals surface area (Å²) < 4.78 is 0. The third-order valence-corrected chi connectivity index (χ3v) is 6.39. The molecule has 0 spiro atoms.